The largest absolute Gasteiger partial charge is 0.496 e. The van der Waals surface area contributed by atoms with Gasteiger partial charge in [-0.25, -0.2) is 8.78 Å². The van der Waals surface area contributed by atoms with Crippen molar-refractivity contribution in [1.29, 1.82) is 0 Å². The van der Waals surface area contributed by atoms with Crippen LogP contribution < -0.4 is 10.1 Å². The monoisotopic (exact) mass is 349 g/mol. The lowest BCUT2D eigenvalue weighted by molar-refractivity contribution is -0.152. The summed E-state index contributed by atoms with van der Waals surface area (Å²) < 4.78 is 36.2. The summed E-state index contributed by atoms with van der Waals surface area (Å²) in [5, 5.41) is 2.35. The predicted octanol–water partition coefficient (Wildman–Crippen LogP) is 3.09. The molecule has 2 rings (SSSR count). The fourth-order valence-electron chi connectivity index (χ4n) is 2.11. The van der Waals surface area contributed by atoms with Crippen molar-refractivity contribution in [3.8, 4) is 5.75 Å². The Bertz CT molecular complexity index is 779. The first-order valence-corrected chi connectivity index (χ1v) is 7.48. The lowest BCUT2D eigenvalue weighted by Crippen LogP contribution is -2.30. The summed E-state index contributed by atoms with van der Waals surface area (Å²) in [5.74, 6) is -2.83. The highest BCUT2D eigenvalue weighted by atomic mass is 19.2. The molecule has 0 heterocycles. The number of para-hydroxylation sites is 1. The molecule has 0 spiro atoms. The van der Waals surface area contributed by atoms with E-state index in [0.717, 1.165) is 12.1 Å². The molecule has 5 nitrogen and oxygen atoms in total. The molecule has 132 valence electrons. The van der Waals surface area contributed by atoms with Gasteiger partial charge in [-0.1, -0.05) is 18.2 Å². The second-order valence-corrected chi connectivity index (χ2v) is 5.24. The highest BCUT2D eigenvalue weighted by molar-refractivity contribution is 5.95. The van der Waals surface area contributed by atoms with Gasteiger partial charge in [-0.05, 0) is 25.1 Å². The second-order valence-electron chi connectivity index (χ2n) is 5.24. The molecule has 1 amide bonds. The molecule has 0 unspecified atom stereocenters. The van der Waals surface area contributed by atoms with Crippen molar-refractivity contribution in [3.05, 3.63) is 59.7 Å². The van der Waals surface area contributed by atoms with Gasteiger partial charge in [-0.2, -0.15) is 0 Å². The summed E-state index contributed by atoms with van der Waals surface area (Å²) in [4.78, 5) is 24.0. The van der Waals surface area contributed by atoms with E-state index in [0.29, 0.717) is 11.3 Å². The number of hydrogen-bond acceptors (Lipinski definition) is 4. The number of nitrogens with one attached hydrogen (secondary N) is 1. The van der Waals surface area contributed by atoms with Crippen LogP contribution in [0.2, 0.25) is 0 Å². The van der Waals surface area contributed by atoms with Gasteiger partial charge >= 0.3 is 5.97 Å². The molecule has 2 aromatic carbocycles. The number of rotatable bonds is 6. The standard InChI is InChI=1S/C18H17F2NO4/c1-11(18(23)21-13-7-8-14(19)15(20)10-13)25-17(22)9-12-5-3-4-6-16(12)24-2/h3-8,10-11H,9H2,1-2H3,(H,21,23)/t11-/m1/s1. The SMILES string of the molecule is COc1ccccc1CC(=O)O[C@H](C)C(=O)Nc1ccc(F)c(F)c1. The maximum Gasteiger partial charge on any atom is 0.311 e. The molecule has 0 fully saturated rings. The van der Waals surface area contributed by atoms with Crippen molar-refractivity contribution in [2.45, 2.75) is 19.4 Å². The van der Waals surface area contributed by atoms with E-state index in [1.54, 1.807) is 24.3 Å². The Labute approximate surface area is 143 Å². The van der Waals surface area contributed by atoms with E-state index in [2.05, 4.69) is 5.32 Å². The van der Waals surface area contributed by atoms with Crippen molar-refractivity contribution in [2.24, 2.45) is 0 Å². The van der Waals surface area contributed by atoms with Gasteiger partial charge in [0.2, 0.25) is 0 Å². The third-order valence-corrected chi connectivity index (χ3v) is 3.39. The van der Waals surface area contributed by atoms with E-state index in [1.807, 2.05) is 0 Å². The van der Waals surface area contributed by atoms with Crippen LogP contribution in [0.3, 0.4) is 0 Å². The molecule has 0 aliphatic heterocycles. The van der Waals surface area contributed by atoms with Crippen molar-refractivity contribution in [2.75, 3.05) is 12.4 Å². The van der Waals surface area contributed by atoms with Crippen molar-refractivity contribution < 1.29 is 27.8 Å². The first-order chi connectivity index (χ1) is 11.9. The van der Waals surface area contributed by atoms with Crippen LogP contribution in [0.25, 0.3) is 0 Å². The zero-order valence-corrected chi connectivity index (χ0v) is 13.7. The van der Waals surface area contributed by atoms with Crippen LogP contribution in [0.1, 0.15) is 12.5 Å². The molecule has 0 saturated heterocycles. The Morgan fingerprint density at radius 2 is 1.84 bits per heavy atom. The van der Waals surface area contributed by atoms with Gasteiger partial charge in [-0.3, -0.25) is 9.59 Å². The number of methoxy groups -OCH3 is 1. The minimum Gasteiger partial charge on any atom is -0.496 e. The minimum atomic E-state index is -1.10. The molecule has 25 heavy (non-hydrogen) atoms. The van der Waals surface area contributed by atoms with Gasteiger partial charge in [0.05, 0.1) is 13.5 Å². The van der Waals surface area contributed by atoms with Crippen molar-refractivity contribution >= 4 is 17.6 Å². The normalized spacial score (nSPS) is 11.5. The van der Waals surface area contributed by atoms with Gasteiger partial charge in [0.1, 0.15) is 5.75 Å². The predicted molar refractivity (Wildman–Crippen MR) is 87.2 cm³/mol. The molecule has 0 radical (unpaired) electrons. The van der Waals surface area contributed by atoms with Crippen molar-refractivity contribution in [1.82, 2.24) is 0 Å². The Kier molecular flexibility index (Phi) is 6.05. The van der Waals surface area contributed by atoms with Gasteiger partial charge in [0.25, 0.3) is 5.91 Å². The zero-order chi connectivity index (χ0) is 18.4. The summed E-state index contributed by atoms with van der Waals surface area (Å²) in [6.45, 7) is 1.38. The quantitative estimate of drug-likeness (QED) is 0.814. The van der Waals surface area contributed by atoms with Crippen LogP contribution in [-0.2, 0) is 20.7 Å². The summed E-state index contributed by atoms with van der Waals surface area (Å²) in [6.07, 6.45) is -1.16. The number of ether oxygens (including phenoxy) is 2. The van der Waals surface area contributed by atoms with Gasteiger partial charge < -0.3 is 14.8 Å². The lowest BCUT2D eigenvalue weighted by Gasteiger charge is -2.14. The number of esters is 1. The molecule has 0 aliphatic rings. The Hall–Kier alpha value is -2.96. The highest BCUT2D eigenvalue weighted by Gasteiger charge is 2.19. The number of anilines is 1. The number of carbonyl (C=O) groups excluding carboxylic acids is 2. The van der Waals surface area contributed by atoms with Crippen LogP contribution in [0.15, 0.2) is 42.5 Å². The summed E-state index contributed by atoms with van der Waals surface area (Å²) in [7, 11) is 1.49. The molecule has 0 bridgehead atoms. The number of halogens is 2. The van der Waals surface area contributed by atoms with E-state index >= 15 is 0 Å². The van der Waals surface area contributed by atoms with E-state index in [-0.39, 0.29) is 12.1 Å². The minimum absolute atomic E-state index is 0.0627. The molecule has 2 aromatic rings. The van der Waals surface area contributed by atoms with Crippen LogP contribution in [-0.4, -0.2) is 25.1 Å². The topological polar surface area (TPSA) is 64.6 Å². The van der Waals surface area contributed by atoms with Crippen LogP contribution in [0, 0.1) is 11.6 Å². The van der Waals surface area contributed by atoms with Crippen LogP contribution >= 0.6 is 0 Å². The number of benzene rings is 2. The molecular weight excluding hydrogens is 332 g/mol. The molecule has 0 aliphatic carbocycles. The van der Waals surface area contributed by atoms with Crippen LogP contribution in [0.5, 0.6) is 5.75 Å². The Morgan fingerprint density at radius 1 is 1.12 bits per heavy atom. The fraction of sp³-hybridized carbons (Fsp3) is 0.222. The number of amides is 1. The second kappa shape index (κ2) is 8.23. The van der Waals surface area contributed by atoms with E-state index in [4.69, 9.17) is 9.47 Å². The van der Waals surface area contributed by atoms with Gasteiger partial charge in [0.15, 0.2) is 17.7 Å². The smallest absolute Gasteiger partial charge is 0.311 e. The highest BCUT2D eigenvalue weighted by Crippen LogP contribution is 2.18. The first-order valence-electron chi connectivity index (χ1n) is 7.48. The average molecular weight is 349 g/mol. The molecule has 1 atom stereocenters. The van der Waals surface area contributed by atoms with E-state index in [9.17, 15) is 18.4 Å². The number of hydrogen-bond donors (Lipinski definition) is 1. The zero-order valence-electron chi connectivity index (χ0n) is 13.7. The summed E-state index contributed by atoms with van der Waals surface area (Å²) in [5.41, 5.74) is 0.694. The average Bonchev–Trinajstić information content (AvgIpc) is 2.58. The van der Waals surface area contributed by atoms with Gasteiger partial charge in [-0.15, -0.1) is 0 Å². The first kappa shape index (κ1) is 18.4. The summed E-state index contributed by atoms with van der Waals surface area (Å²) >= 11 is 0. The third-order valence-electron chi connectivity index (χ3n) is 3.39. The maximum absolute atomic E-state index is 13.1. The molecule has 1 N–H and O–H groups in total. The maximum atomic E-state index is 13.1. The molecular formula is C18H17F2NO4. The third kappa shape index (κ3) is 5.00. The molecule has 0 aromatic heterocycles. The Morgan fingerprint density at radius 3 is 2.52 bits per heavy atom. The summed E-state index contributed by atoms with van der Waals surface area (Å²) in [6, 6.07) is 9.89. The number of carbonyl (C=O) groups is 2. The van der Waals surface area contributed by atoms with E-state index in [1.165, 1.54) is 20.1 Å². The fourth-order valence-corrected chi connectivity index (χ4v) is 2.11. The Balaban J connectivity index is 1.93. The van der Waals surface area contributed by atoms with Crippen LogP contribution in [0.4, 0.5) is 14.5 Å². The van der Waals surface area contributed by atoms with E-state index < -0.39 is 29.6 Å². The van der Waals surface area contributed by atoms with Crippen molar-refractivity contribution in [3.63, 3.8) is 0 Å². The molecule has 0 saturated carbocycles. The molecule has 7 heteroatoms. The van der Waals surface area contributed by atoms with Gasteiger partial charge in [0, 0.05) is 17.3 Å². The lowest BCUT2D eigenvalue weighted by atomic mass is 10.1.